The molecular formula is C9H8FNO3S. The molecule has 6 heteroatoms. The van der Waals surface area contributed by atoms with Gasteiger partial charge in [-0.1, -0.05) is 0 Å². The van der Waals surface area contributed by atoms with E-state index >= 15 is 0 Å². The molecule has 0 bridgehead atoms. The van der Waals surface area contributed by atoms with Crippen LogP contribution >= 0.6 is 0 Å². The minimum Gasteiger partial charge on any atom is -0.497 e. The van der Waals surface area contributed by atoms with E-state index in [2.05, 4.69) is 4.98 Å². The molecule has 0 spiro atoms. The van der Waals surface area contributed by atoms with E-state index in [4.69, 9.17) is 9.29 Å². The van der Waals surface area contributed by atoms with Crippen LogP contribution in [-0.4, -0.2) is 20.9 Å². The Balaban J connectivity index is 2.74. The maximum absolute atomic E-state index is 13.2. The Labute approximate surface area is 87.3 Å². The van der Waals surface area contributed by atoms with Gasteiger partial charge in [-0.2, -0.15) is 4.39 Å². The Bertz CT molecular complexity index is 537. The van der Waals surface area contributed by atoms with Crippen LogP contribution in [0.25, 0.3) is 10.9 Å². The van der Waals surface area contributed by atoms with Gasteiger partial charge in [-0.15, -0.1) is 0 Å². The molecule has 1 unspecified atom stereocenters. The molecule has 4 nitrogen and oxygen atoms in total. The Kier molecular flexibility index (Phi) is 2.45. The SMILES string of the molecule is COc1ccc2c(S(=O)O)c(F)[nH]c2c1. The van der Waals surface area contributed by atoms with Gasteiger partial charge in [-0.25, -0.2) is 4.21 Å². The zero-order valence-corrected chi connectivity index (χ0v) is 8.60. The highest BCUT2D eigenvalue weighted by atomic mass is 32.2. The third-order valence-electron chi connectivity index (χ3n) is 2.09. The number of aromatic nitrogens is 1. The summed E-state index contributed by atoms with van der Waals surface area (Å²) in [6.07, 6.45) is 0. The number of H-pyrrole nitrogens is 1. The van der Waals surface area contributed by atoms with Gasteiger partial charge in [0.05, 0.1) is 12.6 Å². The van der Waals surface area contributed by atoms with E-state index in [-0.39, 0.29) is 4.90 Å². The van der Waals surface area contributed by atoms with Gasteiger partial charge >= 0.3 is 0 Å². The van der Waals surface area contributed by atoms with Gasteiger partial charge in [0.15, 0.2) is 11.1 Å². The number of halogens is 1. The molecule has 1 aromatic carbocycles. The average molecular weight is 229 g/mol. The summed E-state index contributed by atoms with van der Waals surface area (Å²) in [5.74, 6) is -0.238. The van der Waals surface area contributed by atoms with Gasteiger partial charge in [0, 0.05) is 11.5 Å². The smallest absolute Gasteiger partial charge is 0.210 e. The highest BCUT2D eigenvalue weighted by Crippen LogP contribution is 2.27. The minimum atomic E-state index is -2.34. The predicted octanol–water partition coefficient (Wildman–Crippen LogP) is 1.90. The van der Waals surface area contributed by atoms with Crippen LogP contribution in [0.15, 0.2) is 23.1 Å². The molecule has 1 aromatic heterocycles. The van der Waals surface area contributed by atoms with Crippen LogP contribution in [0.3, 0.4) is 0 Å². The maximum atomic E-state index is 13.2. The van der Waals surface area contributed by atoms with Gasteiger partial charge in [-0.3, -0.25) is 0 Å². The Hall–Kier alpha value is -1.40. The molecule has 1 atom stereocenters. The summed E-state index contributed by atoms with van der Waals surface area (Å²) >= 11 is -2.34. The van der Waals surface area contributed by atoms with E-state index in [9.17, 15) is 8.60 Å². The van der Waals surface area contributed by atoms with Crippen LogP contribution in [0.2, 0.25) is 0 Å². The van der Waals surface area contributed by atoms with E-state index in [1.54, 1.807) is 12.1 Å². The number of fused-ring (bicyclic) bond motifs is 1. The molecule has 0 aliphatic carbocycles. The van der Waals surface area contributed by atoms with Crippen LogP contribution in [0.4, 0.5) is 4.39 Å². The number of hydrogen-bond acceptors (Lipinski definition) is 2. The molecule has 2 rings (SSSR count). The first-order chi connectivity index (χ1) is 7.13. The van der Waals surface area contributed by atoms with E-state index in [1.807, 2.05) is 0 Å². The Morgan fingerprint density at radius 3 is 2.87 bits per heavy atom. The van der Waals surface area contributed by atoms with E-state index < -0.39 is 17.0 Å². The summed E-state index contributed by atoms with van der Waals surface area (Å²) in [5, 5.41) is 0.383. The zero-order valence-electron chi connectivity index (χ0n) is 7.78. The van der Waals surface area contributed by atoms with Crippen molar-refractivity contribution in [3.05, 3.63) is 24.1 Å². The first-order valence-electron chi connectivity index (χ1n) is 4.09. The second-order valence-corrected chi connectivity index (χ2v) is 3.84. The summed E-state index contributed by atoms with van der Waals surface area (Å²) in [6, 6.07) is 4.71. The van der Waals surface area contributed by atoms with Crippen LogP contribution in [-0.2, 0) is 11.1 Å². The van der Waals surface area contributed by atoms with Crippen molar-refractivity contribution in [2.45, 2.75) is 4.90 Å². The first kappa shape index (κ1) is 10.1. The lowest BCUT2D eigenvalue weighted by Crippen LogP contribution is -1.89. The molecule has 0 amide bonds. The van der Waals surface area contributed by atoms with Crippen molar-refractivity contribution in [1.29, 1.82) is 0 Å². The number of hydrogen-bond donors (Lipinski definition) is 2. The zero-order chi connectivity index (χ0) is 11.0. The largest absolute Gasteiger partial charge is 0.497 e. The molecule has 80 valence electrons. The van der Waals surface area contributed by atoms with Crippen LogP contribution < -0.4 is 4.74 Å². The highest BCUT2D eigenvalue weighted by Gasteiger charge is 2.16. The monoisotopic (exact) mass is 229 g/mol. The Morgan fingerprint density at radius 1 is 1.53 bits per heavy atom. The lowest BCUT2D eigenvalue weighted by molar-refractivity contribution is 0.415. The fourth-order valence-electron chi connectivity index (χ4n) is 1.42. The number of methoxy groups -OCH3 is 1. The van der Waals surface area contributed by atoms with Crippen molar-refractivity contribution in [2.24, 2.45) is 0 Å². The topological polar surface area (TPSA) is 62.3 Å². The van der Waals surface area contributed by atoms with Crippen LogP contribution in [0.1, 0.15) is 0 Å². The highest BCUT2D eigenvalue weighted by molar-refractivity contribution is 7.79. The molecule has 2 aromatic rings. The maximum Gasteiger partial charge on any atom is 0.210 e. The number of nitrogens with one attached hydrogen (secondary N) is 1. The molecule has 0 radical (unpaired) electrons. The molecule has 2 N–H and O–H groups in total. The van der Waals surface area contributed by atoms with Crippen molar-refractivity contribution in [3.63, 3.8) is 0 Å². The van der Waals surface area contributed by atoms with E-state index in [0.29, 0.717) is 16.7 Å². The summed E-state index contributed by atoms with van der Waals surface area (Å²) in [6.45, 7) is 0. The van der Waals surface area contributed by atoms with E-state index in [0.717, 1.165) is 0 Å². The standard InChI is InChI=1S/C9H8FNO3S/c1-14-5-2-3-6-7(4-5)11-9(10)8(6)15(12)13/h2-4,11H,1H3,(H,12,13). The second-order valence-electron chi connectivity index (χ2n) is 2.93. The number of rotatable bonds is 2. The predicted molar refractivity (Wildman–Crippen MR) is 53.8 cm³/mol. The summed E-state index contributed by atoms with van der Waals surface area (Å²) in [4.78, 5) is 2.15. The quantitative estimate of drug-likeness (QED) is 0.773. The molecule has 0 saturated carbocycles. The van der Waals surface area contributed by atoms with Gasteiger partial charge in [0.2, 0.25) is 5.95 Å². The minimum absolute atomic E-state index is 0.229. The van der Waals surface area contributed by atoms with Crippen molar-refractivity contribution in [2.75, 3.05) is 7.11 Å². The lowest BCUT2D eigenvalue weighted by Gasteiger charge is -1.98. The first-order valence-corrected chi connectivity index (χ1v) is 5.20. The van der Waals surface area contributed by atoms with Crippen molar-refractivity contribution in [1.82, 2.24) is 4.98 Å². The number of aromatic amines is 1. The summed E-state index contributed by atoms with van der Waals surface area (Å²) < 4.78 is 38.0. The molecule has 1 heterocycles. The third-order valence-corrected chi connectivity index (χ3v) is 2.84. The van der Waals surface area contributed by atoms with Gasteiger partial charge < -0.3 is 14.3 Å². The van der Waals surface area contributed by atoms with Crippen molar-refractivity contribution >= 4 is 22.0 Å². The van der Waals surface area contributed by atoms with Gasteiger partial charge in [-0.05, 0) is 12.1 Å². The number of benzene rings is 1. The molecule has 15 heavy (non-hydrogen) atoms. The van der Waals surface area contributed by atoms with Crippen molar-refractivity contribution in [3.8, 4) is 5.75 Å². The lowest BCUT2D eigenvalue weighted by atomic mass is 10.2. The van der Waals surface area contributed by atoms with Gasteiger partial charge in [0.1, 0.15) is 10.6 Å². The normalized spacial score (nSPS) is 13.0. The number of ether oxygens (including phenoxy) is 1. The van der Waals surface area contributed by atoms with Gasteiger partial charge in [0.25, 0.3) is 0 Å². The fraction of sp³-hybridized carbons (Fsp3) is 0.111. The molecular weight excluding hydrogens is 221 g/mol. The summed E-state index contributed by atoms with van der Waals surface area (Å²) in [7, 11) is 1.49. The average Bonchev–Trinajstić information content (AvgIpc) is 2.52. The molecule has 0 aliphatic rings. The summed E-state index contributed by atoms with van der Waals surface area (Å²) in [5.41, 5.74) is 0.434. The molecule has 0 fully saturated rings. The van der Waals surface area contributed by atoms with Crippen LogP contribution in [0, 0.1) is 5.95 Å². The van der Waals surface area contributed by atoms with E-state index in [1.165, 1.54) is 13.2 Å². The third kappa shape index (κ3) is 1.62. The van der Waals surface area contributed by atoms with Crippen LogP contribution in [0.5, 0.6) is 5.75 Å². The van der Waals surface area contributed by atoms with Crippen molar-refractivity contribution < 1.29 is 17.9 Å². The Morgan fingerprint density at radius 2 is 2.27 bits per heavy atom. The molecule has 0 saturated heterocycles. The fourth-order valence-corrected chi connectivity index (χ4v) is 1.99. The second kappa shape index (κ2) is 3.63. The molecule has 0 aliphatic heterocycles.